The molecule has 0 aliphatic heterocycles. The molecule has 3 N–H and O–H groups in total. The van der Waals surface area contributed by atoms with Gasteiger partial charge in [-0.15, -0.1) is 24.0 Å². The minimum Gasteiger partial charge on any atom is -0.361 e. The van der Waals surface area contributed by atoms with Crippen LogP contribution in [0.15, 0.2) is 47.6 Å². The Balaban J connectivity index is 0.00000280. The van der Waals surface area contributed by atoms with Crippen molar-refractivity contribution in [1.82, 2.24) is 15.6 Å². The molecule has 2 aromatic carbocycles. The molecule has 1 aromatic heterocycles. The van der Waals surface area contributed by atoms with Crippen molar-refractivity contribution in [3.8, 4) is 0 Å². The fourth-order valence-electron chi connectivity index (χ4n) is 2.96. The second-order valence-corrected chi connectivity index (χ2v) is 6.14. The van der Waals surface area contributed by atoms with Gasteiger partial charge in [0.2, 0.25) is 0 Å². The van der Waals surface area contributed by atoms with Crippen LogP contribution >= 0.6 is 24.0 Å². The van der Waals surface area contributed by atoms with Crippen molar-refractivity contribution in [1.29, 1.82) is 0 Å². The molecule has 3 rings (SSSR count). The van der Waals surface area contributed by atoms with Gasteiger partial charge in [-0.25, -0.2) is 13.2 Å². The maximum absolute atomic E-state index is 13.6. The summed E-state index contributed by atoms with van der Waals surface area (Å²) in [4.78, 5) is 7.18. The number of guanidine groups is 1. The summed E-state index contributed by atoms with van der Waals surface area (Å²) in [5.41, 5.74) is 2.17. The molecule has 0 aliphatic rings. The van der Waals surface area contributed by atoms with E-state index < -0.39 is 11.6 Å². The van der Waals surface area contributed by atoms with E-state index in [1.807, 2.05) is 6.20 Å². The summed E-state index contributed by atoms with van der Waals surface area (Å²) in [5.74, 6) is -1.34. The number of aromatic amines is 1. The molecule has 0 bridgehead atoms. The van der Waals surface area contributed by atoms with Crippen molar-refractivity contribution in [3.05, 3.63) is 71.2 Å². The van der Waals surface area contributed by atoms with E-state index in [9.17, 15) is 13.2 Å². The number of aliphatic imine (C=N–C) groups is 1. The van der Waals surface area contributed by atoms with Gasteiger partial charge in [0.25, 0.3) is 0 Å². The number of hydrogen-bond acceptors (Lipinski definition) is 1. The van der Waals surface area contributed by atoms with Crippen molar-refractivity contribution in [2.75, 3.05) is 20.1 Å². The zero-order chi connectivity index (χ0) is 19.2. The first-order valence-electron chi connectivity index (χ1n) is 8.71. The zero-order valence-corrected chi connectivity index (χ0v) is 17.7. The molecule has 0 unspecified atom stereocenters. The van der Waals surface area contributed by atoms with Gasteiger partial charge in [0.15, 0.2) is 17.6 Å². The number of nitrogens with one attached hydrogen (secondary N) is 3. The summed E-state index contributed by atoms with van der Waals surface area (Å²) in [6.45, 7) is 1.05. The van der Waals surface area contributed by atoms with Gasteiger partial charge in [0.1, 0.15) is 5.82 Å². The summed E-state index contributed by atoms with van der Waals surface area (Å²) < 4.78 is 40.1. The molecule has 0 saturated heterocycles. The van der Waals surface area contributed by atoms with Crippen LogP contribution in [0.3, 0.4) is 0 Å². The Bertz CT molecular complexity index is 956. The lowest BCUT2D eigenvalue weighted by Gasteiger charge is -2.12. The predicted molar refractivity (Wildman–Crippen MR) is 117 cm³/mol. The average molecular weight is 502 g/mol. The topological polar surface area (TPSA) is 52.2 Å². The molecule has 0 fully saturated rings. The molecule has 4 nitrogen and oxygen atoms in total. The molecule has 0 atom stereocenters. The molecule has 0 radical (unpaired) electrons. The Morgan fingerprint density at radius 3 is 2.43 bits per heavy atom. The van der Waals surface area contributed by atoms with Crippen LogP contribution in [0.5, 0.6) is 0 Å². The second kappa shape index (κ2) is 10.4. The first-order valence-corrected chi connectivity index (χ1v) is 8.71. The van der Waals surface area contributed by atoms with Gasteiger partial charge in [-0.3, -0.25) is 4.99 Å². The zero-order valence-electron chi connectivity index (χ0n) is 15.4. The summed E-state index contributed by atoms with van der Waals surface area (Å²) in [6.07, 6.45) is 2.94. The third kappa shape index (κ3) is 5.40. The van der Waals surface area contributed by atoms with E-state index in [-0.39, 0.29) is 29.8 Å². The number of nitrogens with zero attached hydrogens (tertiary/aromatic N) is 1. The van der Waals surface area contributed by atoms with E-state index in [0.717, 1.165) is 29.0 Å². The summed E-state index contributed by atoms with van der Waals surface area (Å²) >= 11 is 0. The Labute approximate surface area is 178 Å². The number of rotatable bonds is 6. The largest absolute Gasteiger partial charge is 0.361 e. The van der Waals surface area contributed by atoms with Crippen LogP contribution in [0.4, 0.5) is 13.2 Å². The van der Waals surface area contributed by atoms with Crippen LogP contribution in [0.1, 0.15) is 11.1 Å². The molecule has 0 spiro atoms. The lowest BCUT2D eigenvalue weighted by atomic mass is 10.1. The van der Waals surface area contributed by atoms with Crippen molar-refractivity contribution in [3.63, 3.8) is 0 Å². The molecule has 150 valence electrons. The van der Waals surface area contributed by atoms with E-state index in [1.165, 1.54) is 18.2 Å². The van der Waals surface area contributed by atoms with Crippen molar-refractivity contribution < 1.29 is 13.2 Å². The molecule has 0 aliphatic carbocycles. The second-order valence-electron chi connectivity index (χ2n) is 6.14. The number of aromatic nitrogens is 1. The Morgan fingerprint density at radius 2 is 1.71 bits per heavy atom. The summed E-state index contributed by atoms with van der Waals surface area (Å²) in [7, 11) is 1.65. The highest BCUT2D eigenvalue weighted by Crippen LogP contribution is 2.19. The summed E-state index contributed by atoms with van der Waals surface area (Å²) in [5, 5.41) is 7.25. The number of fused-ring (bicyclic) bond motifs is 1. The number of H-pyrrole nitrogens is 1. The smallest absolute Gasteiger partial charge is 0.190 e. The van der Waals surface area contributed by atoms with Crippen molar-refractivity contribution in [2.24, 2.45) is 4.99 Å². The van der Waals surface area contributed by atoms with E-state index in [4.69, 9.17) is 0 Å². The van der Waals surface area contributed by atoms with Crippen LogP contribution in [0.25, 0.3) is 10.9 Å². The maximum atomic E-state index is 13.6. The minimum absolute atomic E-state index is 0. The molecule has 28 heavy (non-hydrogen) atoms. The highest BCUT2D eigenvalue weighted by atomic mass is 127. The Morgan fingerprint density at radius 1 is 1.00 bits per heavy atom. The Kier molecular flexibility index (Phi) is 8.16. The van der Waals surface area contributed by atoms with Crippen LogP contribution in [-0.4, -0.2) is 31.1 Å². The molecule has 0 amide bonds. The molecule has 3 aromatic rings. The van der Waals surface area contributed by atoms with Crippen LogP contribution in [0, 0.1) is 17.5 Å². The fourth-order valence-corrected chi connectivity index (χ4v) is 2.96. The quantitative estimate of drug-likeness (QED) is 0.270. The molecular formula is C20H22F3IN4. The highest BCUT2D eigenvalue weighted by Gasteiger charge is 2.08. The van der Waals surface area contributed by atoms with Crippen molar-refractivity contribution >= 4 is 40.8 Å². The average Bonchev–Trinajstić information content (AvgIpc) is 3.05. The number of hydrogen-bond donors (Lipinski definition) is 3. The van der Waals surface area contributed by atoms with Crippen LogP contribution < -0.4 is 10.6 Å². The number of benzene rings is 2. The lowest BCUT2D eigenvalue weighted by molar-refractivity contribution is 0.498. The molecule has 8 heteroatoms. The van der Waals surface area contributed by atoms with E-state index >= 15 is 0 Å². The van der Waals surface area contributed by atoms with Crippen LogP contribution in [0.2, 0.25) is 0 Å². The van der Waals surface area contributed by atoms with E-state index in [1.54, 1.807) is 19.2 Å². The Hall–Kier alpha value is -2.23. The van der Waals surface area contributed by atoms with Crippen molar-refractivity contribution in [2.45, 2.75) is 12.8 Å². The predicted octanol–water partition coefficient (Wildman–Crippen LogP) is 4.15. The normalized spacial score (nSPS) is 11.4. The highest BCUT2D eigenvalue weighted by molar-refractivity contribution is 14.0. The molecule has 1 heterocycles. The minimum atomic E-state index is -0.839. The standard InChI is InChI=1S/C20H21F3N4.HI/c1-24-20(25-9-7-13-3-2-4-17(22)19(13)23)26-10-8-14-12-27-18-11-15(21)5-6-16(14)18;/h2-6,11-12,27H,7-10H2,1H3,(H2,24,25,26);1H. The van der Waals surface area contributed by atoms with Gasteiger partial charge in [-0.1, -0.05) is 12.1 Å². The van der Waals surface area contributed by atoms with Gasteiger partial charge >= 0.3 is 0 Å². The van der Waals surface area contributed by atoms with Gasteiger partial charge in [0.05, 0.1) is 0 Å². The molecular weight excluding hydrogens is 480 g/mol. The molecule has 0 saturated carbocycles. The third-order valence-electron chi connectivity index (χ3n) is 4.36. The maximum Gasteiger partial charge on any atom is 0.190 e. The van der Waals surface area contributed by atoms with Gasteiger partial charge in [-0.2, -0.15) is 0 Å². The van der Waals surface area contributed by atoms with Gasteiger partial charge in [-0.05, 0) is 48.2 Å². The van der Waals surface area contributed by atoms with E-state index in [2.05, 4.69) is 20.6 Å². The number of halogens is 4. The fraction of sp³-hybridized carbons (Fsp3) is 0.250. The lowest BCUT2D eigenvalue weighted by Crippen LogP contribution is -2.39. The van der Waals surface area contributed by atoms with Gasteiger partial charge < -0.3 is 15.6 Å². The summed E-state index contributed by atoms with van der Waals surface area (Å²) in [6, 6.07) is 8.84. The van der Waals surface area contributed by atoms with E-state index in [0.29, 0.717) is 31.0 Å². The van der Waals surface area contributed by atoms with Crippen LogP contribution in [-0.2, 0) is 12.8 Å². The monoisotopic (exact) mass is 502 g/mol. The third-order valence-corrected chi connectivity index (χ3v) is 4.36. The first kappa shape index (κ1) is 22.1. The SMILES string of the molecule is CN=C(NCCc1cccc(F)c1F)NCCc1c[nH]c2cc(F)ccc12.I. The van der Waals surface area contributed by atoms with Gasteiger partial charge in [0, 0.05) is 37.2 Å². The first-order chi connectivity index (χ1) is 13.1.